The van der Waals surface area contributed by atoms with E-state index in [1.165, 1.54) is 12.1 Å². The van der Waals surface area contributed by atoms with Crippen LogP contribution in [-0.2, 0) is 12.6 Å². The fourth-order valence-corrected chi connectivity index (χ4v) is 1.93. The van der Waals surface area contributed by atoms with Crippen molar-refractivity contribution in [3.63, 3.8) is 0 Å². The number of hydrogen-bond donors (Lipinski definition) is 1. The van der Waals surface area contributed by atoms with Crippen LogP contribution in [0.1, 0.15) is 28.0 Å². The number of aryl methyl sites for hydroxylation is 1. The van der Waals surface area contributed by atoms with E-state index in [1.807, 2.05) is 18.2 Å². The summed E-state index contributed by atoms with van der Waals surface area (Å²) >= 11 is 0. The van der Waals surface area contributed by atoms with E-state index < -0.39 is 11.7 Å². The fraction of sp³-hybridized carbons (Fsp3) is 0.250. The highest BCUT2D eigenvalue weighted by Crippen LogP contribution is 2.29. The molecule has 116 valence electrons. The van der Waals surface area contributed by atoms with Crippen LogP contribution in [0.5, 0.6) is 0 Å². The van der Waals surface area contributed by atoms with Crippen molar-refractivity contribution in [2.45, 2.75) is 19.0 Å². The second kappa shape index (κ2) is 7.06. The quantitative estimate of drug-likeness (QED) is 0.860. The van der Waals surface area contributed by atoms with Gasteiger partial charge in [0.15, 0.2) is 0 Å². The summed E-state index contributed by atoms with van der Waals surface area (Å²) in [6, 6.07) is 9.79. The average Bonchev–Trinajstić information content (AvgIpc) is 2.52. The number of carbonyl (C=O) groups is 1. The van der Waals surface area contributed by atoms with Gasteiger partial charge in [-0.05, 0) is 49.2 Å². The van der Waals surface area contributed by atoms with Crippen LogP contribution in [0.3, 0.4) is 0 Å². The minimum Gasteiger partial charge on any atom is -0.352 e. The zero-order chi connectivity index (χ0) is 16.0. The molecule has 6 heteroatoms. The van der Waals surface area contributed by atoms with Crippen LogP contribution in [0.4, 0.5) is 13.2 Å². The lowest BCUT2D eigenvalue weighted by Crippen LogP contribution is -2.24. The zero-order valence-corrected chi connectivity index (χ0v) is 11.7. The maximum atomic E-state index is 12.4. The molecule has 0 radical (unpaired) electrons. The number of rotatable bonds is 5. The lowest BCUT2D eigenvalue weighted by Gasteiger charge is -2.08. The number of benzene rings is 1. The Morgan fingerprint density at radius 1 is 1.09 bits per heavy atom. The Hall–Kier alpha value is -2.37. The molecule has 0 aliphatic heterocycles. The molecule has 0 spiro atoms. The Balaban J connectivity index is 1.80. The number of aromatic nitrogens is 1. The summed E-state index contributed by atoms with van der Waals surface area (Å²) in [6.07, 6.45) is -1.24. The summed E-state index contributed by atoms with van der Waals surface area (Å²) in [5, 5.41) is 2.68. The minimum absolute atomic E-state index is 0.214. The van der Waals surface area contributed by atoms with Gasteiger partial charge in [0.05, 0.1) is 5.56 Å². The minimum atomic E-state index is -4.39. The van der Waals surface area contributed by atoms with Crippen LogP contribution in [0.15, 0.2) is 48.7 Å². The van der Waals surface area contributed by atoms with Crippen molar-refractivity contribution in [3.05, 3.63) is 65.5 Å². The number of nitrogens with one attached hydrogen (secondary N) is 1. The van der Waals surface area contributed by atoms with Gasteiger partial charge in [0.1, 0.15) is 0 Å². The largest absolute Gasteiger partial charge is 0.416 e. The summed E-state index contributed by atoms with van der Waals surface area (Å²) in [4.78, 5) is 16.0. The van der Waals surface area contributed by atoms with E-state index in [0.29, 0.717) is 13.0 Å². The molecule has 2 rings (SSSR count). The predicted octanol–water partition coefficient (Wildman–Crippen LogP) is 3.46. The third kappa shape index (κ3) is 4.58. The van der Waals surface area contributed by atoms with Crippen molar-refractivity contribution in [2.24, 2.45) is 0 Å². The van der Waals surface area contributed by atoms with Gasteiger partial charge in [0.25, 0.3) is 5.91 Å². The normalized spacial score (nSPS) is 11.2. The van der Waals surface area contributed by atoms with Gasteiger partial charge >= 0.3 is 6.18 Å². The molecule has 1 heterocycles. The van der Waals surface area contributed by atoms with Gasteiger partial charge < -0.3 is 5.32 Å². The molecule has 0 atom stereocenters. The molecule has 1 aromatic carbocycles. The van der Waals surface area contributed by atoms with Crippen molar-refractivity contribution in [1.82, 2.24) is 10.3 Å². The first kappa shape index (κ1) is 16.0. The molecule has 0 aliphatic rings. The van der Waals surface area contributed by atoms with E-state index in [1.54, 1.807) is 6.20 Å². The molecule has 0 bridgehead atoms. The summed E-state index contributed by atoms with van der Waals surface area (Å²) < 4.78 is 37.3. The Labute approximate surface area is 126 Å². The van der Waals surface area contributed by atoms with E-state index >= 15 is 0 Å². The summed E-state index contributed by atoms with van der Waals surface area (Å²) in [7, 11) is 0. The second-order valence-electron chi connectivity index (χ2n) is 4.76. The molecule has 1 N–H and O–H groups in total. The molecule has 3 nitrogen and oxygen atoms in total. The number of hydrogen-bond acceptors (Lipinski definition) is 2. The second-order valence-corrected chi connectivity index (χ2v) is 4.76. The summed E-state index contributed by atoms with van der Waals surface area (Å²) in [5.41, 5.74) is 0.385. The summed E-state index contributed by atoms with van der Waals surface area (Å²) in [5.74, 6) is -0.380. The number of alkyl halides is 3. The van der Waals surface area contributed by atoms with Crippen molar-refractivity contribution >= 4 is 5.91 Å². The van der Waals surface area contributed by atoms with Gasteiger partial charge in [-0.25, -0.2) is 0 Å². The monoisotopic (exact) mass is 308 g/mol. The number of amides is 1. The average molecular weight is 308 g/mol. The Bertz CT molecular complexity index is 610. The van der Waals surface area contributed by atoms with Crippen molar-refractivity contribution in [3.8, 4) is 0 Å². The number of nitrogens with zero attached hydrogens (tertiary/aromatic N) is 1. The third-order valence-electron chi connectivity index (χ3n) is 3.10. The van der Waals surface area contributed by atoms with Crippen molar-refractivity contribution in [2.75, 3.05) is 6.54 Å². The van der Waals surface area contributed by atoms with Crippen molar-refractivity contribution < 1.29 is 18.0 Å². The molecule has 0 saturated carbocycles. The van der Waals surface area contributed by atoms with Crippen LogP contribution < -0.4 is 5.32 Å². The topological polar surface area (TPSA) is 42.0 Å². The molecule has 0 saturated heterocycles. The Morgan fingerprint density at radius 3 is 2.41 bits per heavy atom. The smallest absolute Gasteiger partial charge is 0.352 e. The van der Waals surface area contributed by atoms with E-state index in [4.69, 9.17) is 0 Å². The molecule has 0 fully saturated rings. The van der Waals surface area contributed by atoms with Gasteiger partial charge in [-0.2, -0.15) is 13.2 Å². The molecule has 1 aromatic heterocycles. The van der Waals surface area contributed by atoms with Gasteiger partial charge in [-0.15, -0.1) is 0 Å². The lowest BCUT2D eigenvalue weighted by molar-refractivity contribution is -0.137. The van der Waals surface area contributed by atoms with Gasteiger partial charge in [0.2, 0.25) is 0 Å². The maximum Gasteiger partial charge on any atom is 0.416 e. The number of carbonyl (C=O) groups excluding carboxylic acids is 1. The Morgan fingerprint density at radius 2 is 1.82 bits per heavy atom. The van der Waals surface area contributed by atoms with Gasteiger partial charge in [-0.1, -0.05) is 6.07 Å². The first-order chi connectivity index (χ1) is 10.5. The molecule has 2 aromatic rings. The molecule has 1 amide bonds. The highest BCUT2D eigenvalue weighted by molar-refractivity contribution is 5.94. The Kier molecular flexibility index (Phi) is 5.14. The fourth-order valence-electron chi connectivity index (χ4n) is 1.93. The lowest BCUT2D eigenvalue weighted by atomic mass is 10.1. The van der Waals surface area contributed by atoms with Gasteiger partial charge in [-0.3, -0.25) is 9.78 Å². The molecule has 22 heavy (non-hydrogen) atoms. The van der Waals surface area contributed by atoms with E-state index in [2.05, 4.69) is 10.3 Å². The number of pyridine rings is 1. The van der Waals surface area contributed by atoms with Crippen LogP contribution in [0.2, 0.25) is 0 Å². The molecule has 0 aliphatic carbocycles. The molecular weight excluding hydrogens is 293 g/mol. The number of halogens is 3. The van der Waals surface area contributed by atoms with Gasteiger partial charge in [0, 0.05) is 24.0 Å². The molecular formula is C16H15F3N2O. The van der Waals surface area contributed by atoms with Crippen LogP contribution >= 0.6 is 0 Å². The standard InChI is InChI=1S/C16H15F3N2O/c17-16(18,19)13-8-6-12(7-9-13)15(22)21-11-3-5-14-4-1-2-10-20-14/h1-2,4,6-10H,3,5,11H2,(H,21,22). The van der Waals surface area contributed by atoms with E-state index in [0.717, 1.165) is 24.2 Å². The van der Waals surface area contributed by atoms with E-state index in [9.17, 15) is 18.0 Å². The molecule has 0 unspecified atom stereocenters. The summed E-state index contributed by atoms with van der Waals surface area (Å²) in [6.45, 7) is 0.441. The van der Waals surface area contributed by atoms with E-state index in [-0.39, 0.29) is 11.5 Å². The van der Waals surface area contributed by atoms with Crippen molar-refractivity contribution in [1.29, 1.82) is 0 Å². The first-order valence-corrected chi connectivity index (χ1v) is 6.82. The predicted molar refractivity (Wildman–Crippen MR) is 76.3 cm³/mol. The first-order valence-electron chi connectivity index (χ1n) is 6.82. The SMILES string of the molecule is O=C(NCCCc1ccccn1)c1ccc(C(F)(F)F)cc1. The van der Waals surface area contributed by atoms with Crippen LogP contribution in [0.25, 0.3) is 0 Å². The van der Waals surface area contributed by atoms with Crippen LogP contribution in [0, 0.1) is 0 Å². The zero-order valence-electron chi connectivity index (χ0n) is 11.7. The van der Waals surface area contributed by atoms with Crippen LogP contribution in [-0.4, -0.2) is 17.4 Å². The third-order valence-corrected chi connectivity index (χ3v) is 3.10. The highest BCUT2D eigenvalue weighted by Gasteiger charge is 2.30. The maximum absolute atomic E-state index is 12.4. The highest BCUT2D eigenvalue weighted by atomic mass is 19.4.